The minimum atomic E-state index is -0.473. The molecule has 6 rings (SSSR count). The summed E-state index contributed by atoms with van der Waals surface area (Å²) < 4.78 is 17.9. The molecule has 0 unspecified atom stereocenters. The molecule has 0 fully saturated rings. The minimum Gasteiger partial charge on any atom is -0.308 e. The fourth-order valence-electron chi connectivity index (χ4n) is 4.87. The van der Waals surface area contributed by atoms with Crippen LogP contribution in [-0.4, -0.2) is 25.3 Å². The number of rotatable bonds is 3. The first-order valence-electron chi connectivity index (χ1n) is 11.9. The third-order valence-corrected chi connectivity index (χ3v) is 6.88. The number of aryl methyl sites for hydroxylation is 1. The molecule has 2 amide bonds. The molecule has 1 atom stereocenters. The summed E-state index contributed by atoms with van der Waals surface area (Å²) in [5.41, 5.74) is 4.97. The fourth-order valence-corrected chi connectivity index (χ4v) is 5.00. The van der Waals surface area contributed by atoms with Gasteiger partial charge in [-0.3, -0.25) is 0 Å². The van der Waals surface area contributed by atoms with E-state index in [1.54, 1.807) is 41.3 Å². The zero-order chi connectivity index (χ0) is 25.5. The maximum atomic E-state index is 13.9. The number of nitrogens with one attached hydrogen (secondary N) is 1. The van der Waals surface area contributed by atoms with Crippen molar-refractivity contribution >= 4 is 23.3 Å². The third kappa shape index (κ3) is 4.17. The van der Waals surface area contributed by atoms with Gasteiger partial charge in [0.1, 0.15) is 11.6 Å². The highest BCUT2D eigenvalue weighted by Gasteiger charge is 2.36. The van der Waals surface area contributed by atoms with Crippen molar-refractivity contribution in [2.45, 2.75) is 19.5 Å². The zero-order valence-electron chi connectivity index (χ0n) is 20.0. The molecule has 1 aliphatic rings. The zero-order valence-corrected chi connectivity index (χ0v) is 20.7. The van der Waals surface area contributed by atoms with Crippen molar-refractivity contribution in [3.63, 3.8) is 0 Å². The number of aromatic nitrogens is 3. The van der Waals surface area contributed by atoms with Gasteiger partial charge in [-0.05, 0) is 73.2 Å². The van der Waals surface area contributed by atoms with Crippen LogP contribution in [0.1, 0.15) is 28.6 Å². The third-order valence-electron chi connectivity index (χ3n) is 6.63. The summed E-state index contributed by atoms with van der Waals surface area (Å²) in [6.07, 6.45) is 1.98. The normalized spacial score (nSPS) is 14.6. The minimum absolute atomic E-state index is 0.288. The van der Waals surface area contributed by atoms with Gasteiger partial charge in [0.05, 0.1) is 29.7 Å². The summed E-state index contributed by atoms with van der Waals surface area (Å²) >= 11 is 6.04. The molecule has 5 aromatic rings. The van der Waals surface area contributed by atoms with E-state index in [1.165, 1.54) is 12.1 Å². The van der Waals surface area contributed by atoms with E-state index < -0.39 is 6.04 Å². The largest absolute Gasteiger partial charge is 0.322 e. The molecule has 0 aliphatic carbocycles. The van der Waals surface area contributed by atoms with Crippen molar-refractivity contribution < 1.29 is 9.18 Å². The Hall–Kier alpha value is -4.36. The van der Waals surface area contributed by atoms with Crippen LogP contribution in [0, 0.1) is 12.7 Å². The first kappa shape index (κ1) is 23.1. The fraction of sp³-hybridized carbons (Fsp3) is 0.103. The van der Waals surface area contributed by atoms with Gasteiger partial charge < -0.3 is 14.8 Å². The summed E-state index contributed by atoms with van der Waals surface area (Å²) in [5.74, 6) is 0.543. The van der Waals surface area contributed by atoms with Crippen LogP contribution in [0.4, 0.5) is 14.9 Å². The summed E-state index contributed by atoms with van der Waals surface area (Å²) in [6.45, 7) is 2.26. The molecule has 0 spiro atoms. The van der Waals surface area contributed by atoms with Gasteiger partial charge >= 0.3 is 6.03 Å². The molecule has 6 nitrogen and oxygen atoms in total. The molecule has 3 heterocycles. The van der Waals surface area contributed by atoms with Crippen LogP contribution < -0.4 is 5.32 Å². The summed E-state index contributed by atoms with van der Waals surface area (Å²) in [5, 5.41) is 8.45. The predicted molar refractivity (Wildman–Crippen MR) is 142 cm³/mol. The molecule has 0 bridgehead atoms. The summed E-state index contributed by atoms with van der Waals surface area (Å²) in [7, 11) is 0. The highest BCUT2D eigenvalue weighted by atomic mass is 35.5. The van der Waals surface area contributed by atoms with E-state index in [9.17, 15) is 9.18 Å². The van der Waals surface area contributed by atoms with Crippen LogP contribution in [0.3, 0.4) is 0 Å². The molecule has 37 heavy (non-hydrogen) atoms. The Morgan fingerprint density at radius 2 is 1.70 bits per heavy atom. The van der Waals surface area contributed by atoms with Gasteiger partial charge in [0.2, 0.25) is 0 Å². The molecule has 1 aliphatic heterocycles. The Morgan fingerprint density at radius 3 is 2.43 bits per heavy atom. The molecule has 184 valence electrons. The van der Waals surface area contributed by atoms with E-state index in [0.29, 0.717) is 17.3 Å². The van der Waals surface area contributed by atoms with Gasteiger partial charge in [0, 0.05) is 22.5 Å². The number of fused-ring (bicyclic) bond motifs is 3. The molecule has 3 aromatic carbocycles. The van der Waals surface area contributed by atoms with Crippen LogP contribution in [0.25, 0.3) is 11.5 Å². The predicted octanol–water partition coefficient (Wildman–Crippen LogP) is 6.90. The van der Waals surface area contributed by atoms with Crippen molar-refractivity contribution in [2.24, 2.45) is 0 Å². The highest BCUT2D eigenvalue weighted by Crippen LogP contribution is 2.38. The van der Waals surface area contributed by atoms with Gasteiger partial charge in [-0.2, -0.15) is 5.10 Å². The number of hydrogen-bond donors (Lipinski definition) is 1. The Bertz CT molecular complexity index is 1580. The Balaban J connectivity index is 1.53. The first-order chi connectivity index (χ1) is 18.0. The summed E-state index contributed by atoms with van der Waals surface area (Å²) in [4.78, 5) is 15.6. The Kier molecular flexibility index (Phi) is 5.77. The Labute approximate surface area is 218 Å². The average Bonchev–Trinajstić information content (AvgIpc) is 3.47. The molecule has 8 heteroatoms. The van der Waals surface area contributed by atoms with Gasteiger partial charge in [0.15, 0.2) is 0 Å². The standard InChI is InChI=1S/C29H23ClFN5O/c1-19-25-18-35(29(37)32-23-15-11-21(30)12-16-23)27(20-9-13-22(31)14-10-20)26-8-5-17-34(26)28(25)36(33-19)24-6-3-2-4-7-24/h2-17,27H,18H2,1H3,(H,32,37)/t27-/m1/s1. The molecule has 2 aromatic heterocycles. The topological polar surface area (TPSA) is 55.1 Å². The average molecular weight is 512 g/mol. The lowest BCUT2D eigenvalue weighted by Crippen LogP contribution is -2.38. The number of carbonyl (C=O) groups excluding carboxylic acids is 1. The van der Waals surface area contributed by atoms with Gasteiger partial charge in [-0.25, -0.2) is 13.9 Å². The monoisotopic (exact) mass is 511 g/mol. The lowest BCUT2D eigenvalue weighted by Gasteiger charge is -2.31. The number of anilines is 1. The number of benzene rings is 3. The van der Waals surface area contributed by atoms with Crippen LogP contribution in [0.5, 0.6) is 0 Å². The molecule has 0 radical (unpaired) electrons. The van der Waals surface area contributed by atoms with Gasteiger partial charge in [0.25, 0.3) is 0 Å². The van der Waals surface area contributed by atoms with Crippen molar-refractivity contribution in [3.8, 4) is 11.5 Å². The molecule has 0 saturated carbocycles. The van der Waals surface area contributed by atoms with Gasteiger partial charge in [-0.15, -0.1) is 0 Å². The van der Waals surface area contributed by atoms with Crippen LogP contribution >= 0.6 is 11.6 Å². The highest BCUT2D eigenvalue weighted by molar-refractivity contribution is 6.30. The SMILES string of the molecule is Cc1nn(-c2ccccc2)c2c1CN(C(=O)Nc1ccc(Cl)cc1)[C@H](c1ccc(F)cc1)c1cccn1-2. The second-order valence-corrected chi connectivity index (χ2v) is 9.39. The van der Waals surface area contributed by atoms with Crippen molar-refractivity contribution in [3.05, 3.63) is 131 Å². The molecule has 0 saturated heterocycles. The van der Waals surface area contributed by atoms with Crippen LogP contribution in [0.2, 0.25) is 5.02 Å². The Morgan fingerprint density at radius 1 is 0.973 bits per heavy atom. The molecular formula is C29H23ClFN5O. The maximum Gasteiger partial charge on any atom is 0.322 e. The van der Waals surface area contributed by atoms with Crippen molar-refractivity contribution in [2.75, 3.05) is 5.32 Å². The van der Waals surface area contributed by atoms with Gasteiger partial charge in [-0.1, -0.05) is 41.9 Å². The number of nitrogens with zero attached hydrogens (tertiary/aromatic N) is 4. The smallest absolute Gasteiger partial charge is 0.308 e. The number of urea groups is 1. The maximum absolute atomic E-state index is 13.9. The van der Waals surface area contributed by atoms with E-state index in [-0.39, 0.29) is 11.8 Å². The number of carbonyl (C=O) groups is 1. The lowest BCUT2D eigenvalue weighted by molar-refractivity contribution is 0.194. The quantitative estimate of drug-likeness (QED) is 0.286. The van der Waals surface area contributed by atoms with Crippen LogP contribution in [-0.2, 0) is 6.54 Å². The van der Waals surface area contributed by atoms with Crippen LogP contribution in [0.15, 0.2) is 97.2 Å². The first-order valence-corrected chi connectivity index (χ1v) is 12.3. The lowest BCUT2D eigenvalue weighted by atomic mass is 10.0. The van der Waals surface area contributed by atoms with E-state index in [1.807, 2.05) is 60.3 Å². The van der Waals surface area contributed by atoms with E-state index in [4.69, 9.17) is 16.7 Å². The molecular weight excluding hydrogens is 489 g/mol. The van der Waals surface area contributed by atoms with E-state index >= 15 is 0 Å². The van der Waals surface area contributed by atoms with E-state index in [2.05, 4.69) is 9.88 Å². The number of para-hydroxylation sites is 1. The number of halogens is 2. The van der Waals surface area contributed by atoms with Crippen molar-refractivity contribution in [1.29, 1.82) is 0 Å². The van der Waals surface area contributed by atoms with E-state index in [0.717, 1.165) is 34.0 Å². The number of hydrogen-bond acceptors (Lipinski definition) is 2. The number of amides is 2. The molecule has 1 N–H and O–H groups in total. The van der Waals surface area contributed by atoms with Crippen molar-refractivity contribution in [1.82, 2.24) is 19.2 Å². The summed E-state index contributed by atoms with van der Waals surface area (Å²) in [6, 6.07) is 26.4. The second-order valence-electron chi connectivity index (χ2n) is 8.96. The second kappa shape index (κ2) is 9.26.